The Hall–Kier alpha value is -3.33. The minimum absolute atomic E-state index is 0.00168. The van der Waals surface area contributed by atoms with Crippen LogP contribution in [0.15, 0.2) is 54.6 Å². The first-order chi connectivity index (χ1) is 16.2. The van der Waals surface area contributed by atoms with Crippen molar-refractivity contribution < 1.29 is 22.7 Å². The Kier molecular flexibility index (Phi) is 6.92. The summed E-state index contributed by atoms with van der Waals surface area (Å²) in [5, 5.41) is 7.48. The Balaban J connectivity index is 1.51. The van der Waals surface area contributed by atoms with Gasteiger partial charge in [-0.15, -0.1) is 0 Å². The van der Waals surface area contributed by atoms with Gasteiger partial charge >= 0.3 is 0 Å². The molecule has 2 aromatic carbocycles. The Bertz CT molecular complexity index is 1250. The molecule has 0 bridgehead atoms. The van der Waals surface area contributed by atoms with E-state index in [1.807, 2.05) is 48.5 Å². The van der Waals surface area contributed by atoms with Crippen molar-refractivity contribution >= 4 is 21.6 Å². The van der Waals surface area contributed by atoms with Crippen LogP contribution in [0.4, 0.5) is 5.82 Å². The van der Waals surface area contributed by atoms with Crippen LogP contribution in [0.1, 0.15) is 37.8 Å². The highest BCUT2D eigenvalue weighted by Crippen LogP contribution is 2.31. The number of amides is 1. The summed E-state index contributed by atoms with van der Waals surface area (Å²) in [6, 6.07) is 16.5. The number of methoxy groups -OCH3 is 1. The molecule has 9 heteroatoms. The van der Waals surface area contributed by atoms with Crippen LogP contribution in [0, 0.1) is 0 Å². The van der Waals surface area contributed by atoms with Crippen LogP contribution < -0.4 is 14.8 Å². The van der Waals surface area contributed by atoms with Gasteiger partial charge in [-0.3, -0.25) is 4.79 Å². The second-order valence-electron chi connectivity index (χ2n) is 8.71. The van der Waals surface area contributed by atoms with Crippen LogP contribution in [0.2, 0.25) is 0 Å². The molecule has 1 atom stereocenters. The lowest BCUT2D eigenvalue weighted by molar-refractivity contribution is -0.118. The molecule has 1 aromatic heterocycles. The number of carbonyl (C=O) groups is 1. The summed E-state index contributed by atoms with van der Waals surface area (Å²) >= 11 is 0. The molecule has 1 aliphatic heterocycles. The third-order valence-corrected chi connectivity index (χ3v) is 7.61. The maximum Gasteiger partial charge on any atom is 0.263 e. The fourth-order valence-electron chi connectivity index (χ4n) is 3.91. The highest BCUT2D eigenvalue weighted by Gasteiger charge is 2.31. The molecule has 8 nitrogen and oxygen atoms in total. The highest BCUT2D eigenvalue weighted by atomic mass is 32.2. The zero-order valence-electron chi connectivity index (χ0n) is 19.5. The highest BCUT2D eigenvalue weighted by molar-refractivity contribution is 7.91. The fraction of sp³-hybridized carbons (Fsp3) is 0.360. The molecule has 1 saturated heterocycles. The summed E-state index contributed by atoms with van der Waals surface area (Å²) in [5.74, 6) is 1.94. The number of hydrogen-bond acceptors (Lipinski definition) is 6. The smallest absolute Gasteiger partial charge is 0.263 e. The van der Waals surface area contributed by atoms with E-state index in [1.165, 1.54) is 5.56 Å². The van der Waals surface area contributed by atoms with Gasteiger partial charge < -0.3 is 14.8 Å². The molecule has 34 heavy (non-hydrogen) atoms. The summed E-state index contributed by atoms with van der Waals surface area (Å²) in [5.41, 5.74) is 2.66. The first-order valence-corrected chi connectivity index (χ1v) is 13.0. The molecule has 0 aliphatic carbocycles. The number of aromatic nitrogens is 2. The van der Waals surface area contributed by atoms with Crippen LogP contribution in [0.25, 0.3) is 11.3 Å². The zero-order valence-corrected chi connectivity index (χ0v) is 20.3. The second-order valence-corrected chi connectivity index (χ2v) is 10.9. The van der Waals surface area contributed by atoms with Crippen molar-refractivity contribution in [2.75, 3.05) is 30.5 Å². The van der Waals surface area contributed by atoms with Gasteiger partial charge in [-0.2, -0.15) is 5.10 Å². The largest absolute Gasteiger partial charge is 0.497 e. The van der Waals surface area contributed by atoms with E-state index in [0.29, 0.717) is 29.6 Å². The van der Waals surface area contributed by atoms with Crippen molar-refractivity contribution in [1.29, 1.82) is 0 Å². The van der Waals surface area contributed by atoms with Gasteiger partial charge in [0.2, 0.25) is 0 Å². The van der Waals surface area contributed by atoms with Gasteiger partial charge in [0.05, 0.1) is 30.4 Å². The summed E-state index contributed by atoms with van der Waals surface area (Å²) < 4.78 is 36.6. The molecule has 3 aromatic rings. The summed E-state index contributed by atoms with van der Waals surface area (Å²) in [7, 11) is -1.53. The van der Waals surface area contributed by atoms with Crippen molar-refractivity contribution in [3.05, 3.63) is 60.2 Å². The summed E-state index contributed by atoms with van der Waals surface area (Å²) in [6.45, 7) is 4.05. The van der Waals surface area contributed by atoms with Gasteiger partial charge in [-0.1, -0.05) is 26.0 Å². The molecule has 1 aliphatic rings. The first kappa shape index (κ1) is 23.8. The topological polar surface area (TPSA) is 99.5 Å². The molecule has 1 N–H and O–H groups in total. The number of anilines is 1. The molecule has 180 valence electrons. The molecule has 1 fully saturated rings. The number of nitrogens with one attached hydrogen (secondary N) is 1. The number of nitrogens with zero attached hydrogens (tertiary/aromatic N) is 2. The van der Waals surface area contributed by atoms with E-state index in [-0.39, 0.29) is 30.1 Å². The Morgan fingerprint density at radius 1 is 1.12 bits per heavy atom. The van der Waals surface area contributed by atoms with E-state index in [0.717, 1.165) is 11.3 Å². The van der Waals surface area contributed by atoms with E-state index in [4.69, 9.17) is 9.47 Å². The average Bonchev–Trinajstić information content (AvgIpc) is 3.40. The third kappa shape index (κ3) is 5.59. The van der Waals surface area contributed by atoms with E-state index in [9.17, 15) is 13.2 Å². The predicted molar refractivity (Wildman–Crippen MR) is 131 cm³/mol. The lowest BCUT2D eigenvalue weighted by Crippen LogP contribution is -2.23. The van der Waals surface area contributed by atoms with Crippen LogP contribution in [0.5, 0.6) is 11.5 Å². The van der Waals surface area contributed by atoms with Gasteiger partial charge in [-0.25, -0.2) is 13.1 Å². The van der Waals surface area contributed by atoms with Crippen LogP contribution in [-0.2, 0) is 14.6 Å². The van der Waals surface area contributed by atoms with E-state index in [2.05, 4.69) is 24.3 Å². The lowest BCUT2D eigenvalue weighted by atomic mass is 10.0. The second kappa shape index (κ2) is 9.89. The van der Waals surface area contributed by atoms with Crippen molar-refractivity contribution in [2.24, 2.45) is 0 Å². The standard InChI is InChI=1S/C25H29N3O5S/c1-17(2)18-4-10-22(11-5-18)33-15-25(29)26-24-14-23(19-6-8-21(32-3)9-7-19)27-28(24)20-12-13-34(30,31)16-20/h4-11,14,17,20H,12-13,15-16H2,1-3H3,(H,26,29)/t20-/m1/s1. The number of ether oxygens (including phenoxy) is 2. The van der Waals surface area contributed by atoms with Crippen molar-refractivity contribution in [3.63, 3.8) is 0 Å². The maximum atomic E-state index is 12.7. The molecule has 0 saturated carbocycles. The number of benzene rings is 2. The lowest BCUT2D eigenvalue weighted by Gasteiger charge is -2.14. The number of sulfone groups is 1. The SMILES string of the molecule is COc1ccc(-c2cc(NC(=O)COc3ccc(C(C)C)cc3)n([C@@H]3CCS(=O)(=O)C3)n2)cc1. The molecule has 4 rings (SSSR count). The van der Waals surface area contributed by atoms with Gasteiger partial charge in [0.1, 0.15) is 17.3 Å². The Morgan fingerprint density at radius 2 is 1.79 bits per heavy atom. The Labute approximate surface area is 199 Å². The average molecular weight is 484 g/mol. The van der Waals surface area contributed by atoms with Gasteiger partial charge in [-0.05, 0) is 54.3 Å². The molecule has 0 radical (unpaired) electrons. The molecular formula is C25H29N3O5S. The normalized spacial score (nSPS) is 17.0. The first-order valence-electron chi connectivity index (χ1n) is 11.2. The minimum Gasteiger partial charge on any atom is -0.497 e. The summed E-state index contributed by atoms with van der Waals surface area (Å²) in [4.78, 5) is 12.7. The predicted octanol–water partition coefficient (Wildman–Crippen LogP) is 4.06. The molecule has 1 amide bonds. The minimum atomic E-state index is -3.12. The molecule has 0 unspecified atom stereocenters. The fourth-order valence-corrected chi connectivity index (χ4v) is 5.61. The third-order valence-electron chi connectivity index (χ3n) is 5.86. The number of hydrogen-bond donors (Lipinski definition) is 1. The van der Waals surface area contributed by atoms with Crippen molar-refractivity contribution in [2.45, 2.75) is 32.2 Å². The van der Waals surface area contributed by atoms with Crippen LogP contribution in [-0.4, -0.2) is 49.3 Å². The van der Waals surface area contributed by atoms with E-state index in [1.54, 1.807) is 17.9 Å². The summed E-state index contributed by atoms with van der Waals surface area (Å²) in [6.07, 6.45) is 0.452. The monoisotopic (exact) mass is 483 g/mol. The Morgan fingerprint density at radius 3 is 2.38 bits per heavy atom. The van der Waals surface area contributed by atoms with E-state index < -0.39 is 9.84 Å². The zero-order chi connectivity index (χ0) is 24.3. The van der Waals surface area contributed by atoms with Crippen LogP contribution in [0.3, 0.4) is 0 Å². The molecule has 2 heterocycles. The van der Waals surface area contributed by atoms with Gasteiger partial charge in [0, 0.05) is 11.6 Å². The molecular weight excluding hydrogens is 454 g/mol. The number of rotatable bonds is 8. The maximum absolute atomic E-state index is 12.7. The van der Waals surface area contributed by atoms with Gasteiger partial charge in [0.25, 0.3) is 5.91 Å². The van der Waals surface area contributed by atoms with Crippen molar-refractivity contribution in [3.8, 4) is 22.8 Å². The van der Waals surface area contributed by atoms with Crippen molar-refractivity contribution in [1.82, 2.24) is 9.78 Å². The van der Waals surface area contributed by atoms with Gasteiger partial charge in [0.15, 0.2) is 16.4 Å². The number of carbonyl (C=O) groups excluding carboxylic acids is 1. The van der Waals surface area contributed by atoms with Crippen LogP contribution >= 0.6 is 0 Å². The quantitative estimate of drug-likeness (QED) is 0.519. The molecule has 0 spiro atoms. The van der Waals surface area contributed by atoms with E-state index >= 15 is 0 Å².